The van der Waals surface area contributed by atoms with Gasteiger partial charge in [0, 0.05) is 0 Å². The smallest absolute Gasteiger partial charge is 0.262 e. The van der Waals surface area contributed by atoms with Gasteiger partial charge in [-0.1, -0.05) is 36.4 Å². The average molecular weight is 244 g/mol. The van der Waals surface area contributed by atoms with Gasteiger partial charge in [-0.05, 0) is 30.3 Å². The molecule has 0 N–H and O–H groups in total. The first kappa shape index (κ1) is 13.5. The van der Waals surface area contributed by atoms with Crippen LogP contribution in [-0.4, -0.2) is 8.32 Å². The van der Waals surface area contributed by atoms with Crippen LogP contribution >= 0.6 is 0 Å². The fourth-order valence-electron chi connectivity index (χ4n) is 1.90. The number of rotatable bonds is 8. The summed E-state index contributed by atoms with van der Waals surface area (Å²) in [6.07, 6.45) is 5.84. The Morgan fingerprint density at radius 2 is 1.35 bits per heavy atom. The molecule has 0 spiro atoms. The lowest BCUT2D eigenvalue weighted by Gasteiger charge is -2.29. The molecule has 1 nitrogen and oxygen atoms in total. The van der Waals surface area contributed by atoms with Crippen LogP contribution in [0.25, 0.3) is 0 Å². The van der Waals surface area contributed by atoms with Crippen molar-refractivity contribution in [1.29, 1.82) is 0 Å². The van der Waals surface area contributed by atoms with Crippen molar-refractivity contribution in [2.45, 2.75) is 18.1 Å². The van der Waals surface area contributed by atoms with Gasteiger partial charge in [0.05, 0.1) is 0 Å². The molecule has 0 aromatic heterocycles. The number of hydrogen-bond donors (Lipinski definition) is 0. The summed E-state index contributed by atoms with van der Waals surface area (Å²) in [5, 5.41) is 0. The monoisotopic (exact) mass is 244 g/mol. The summed E-state index contributed by atoms with van der Waals surface area (Å²) in [4.78, 5) is 0. The zero-order valence-corrected chi connectivity index (χ0v) is 11.3. The largest absolute Gasteiger partial charge is 0.543 e. The predicted molar refractivity (Wildman–Crippen MR) is 77.8 cm³/mol. The summed E-state index contributed by atoms with van der Waals surface area (Å²) in [6.45, 7) is 11.5. The maximum Gasteiger partial charge on any atom is 0.262 e. The number of allylic oxidation sites excluding steroid dienone is 3. The van der Waals surface area contributed by atoms with E-state index < -0.39 is 8.32 Å². The minimum absolute atomic E-state index is 0.917. The molecular weight excluding hydrogens is 224 g/mol. The Kier molecular flexibility index (Phi) is 5.50. The van der Waals surface area contributed by atoms with Crippen LogP contribution in [0.5, 0.6) is 5.75 Å². The second-order valence-corrected chi connectivity index (χ2v) is 7.87. The van der Waals surface area contributed by atoms with Crippen LogP contribution in [0.15, 0.2) is 68.3 Å². The van der Waals surface area contributed by atoms with Crippen molar-refractivity contribution in [1.82, 2.24) is 0 Å². The molecule has 0 unspecified atom stereocenters. The van der Waals surface area contributed by atoms with Crippen LogP contribution in [0.2, 0.25) is 18.1 Å². The normalized spacial score (nSPS) is 10.6. The number of para-hydroxylation sites is 1. The predicted octanol–water partition coefficient (Wildman–Crippen LogP) is 4.57. The lowest BCUT2D eigenvalue weighted by Crippen LogP contribution is -2.40. The minimum Gasteiger partial charge on any atom is -0.543 e. The first-order valence-corrected chi connectivity index (χ1v) is 8.36. The molecule has 1 aromatic rings. The maximum absolute atomic E-state index is 6.25. The highest BCUT2D eigenvalue weighted by molar-refractivity contribution is 6.75. The van der Waals surface area contributed by atoms with E-state index in [0.29, 0.717) is 0 Å². The summed E-state index contributed by atoms with van der Waals surface area (Å²) < 4.78 is 6.25. The van der Waals surface area contributed by atoms with Gasteiger partial charge < -0.3 is 4.43 Å². The van der Waals surface area contributed by atoms with Crippen molar-refractivity contribution < 1.29 is 4.43 Å². The third-order valence-corrected chi connectivity index (χ3v) is 6.39. The molecule has 0 bridgehead atoms. The van der Waals surface area contributed by atoms with Crippen LogP contribution in [0, 0.1) is 0 Å². The Morgan fingerprint density at radius 3 is 1.76 bits per heavy atom. The zero-order valence-electron chi connectivity index (χ0n) is 10.3. The molecule has 17 heavy (non-hydrogen) atoms. The molecule has 2 heteroatoms. The zero-order chi connectivity index (χ0) is 12.6. The van der Waals surface area contributed by atoms with E-state index in [1.165, 1.54) is 0 Å². The van der Waals surface area contributed by atoms with Gasteiger partial charge in [0.1, 0.15) is 5.75 Å². The lowest BCUT2D eigenvalue weighted by molar-refractivity contribution is 0.542. The van der Waals surface area contributed by atoms with Crippen LogP contribution in [0.1, 0.15) is 0 Å². The fourth-order valence-corrected chi connectivity index (χ4v) is 4.87. The van der Waals surface area contributed by atoms with E-state index in [4.69, 9.17) is 4.43 Å². The molecule has 0 aliphatic heterocycles. The summed E-state index contributed by atoms with van der Waals surface area (Å²) in [5.74, 6) is 0.935. The SMILES string of the molecule is C=CC[Si](CC=C)(CC=C)Oc1ccccc1. The molecule has 1 rings (SSSR count). The maximum atomic E-state index is 6.25. The second kappa shape index (κ2) is 6.92. The Labute approximate surface area is 105 Å². The molecule has 0 atom stereocenters. The average Bonchev–Trinajstić information content (AvgIpc) is 2.31. The van der Waals surface area contributed by atoms with E-state index in [2.05, 4.69) is 19.7 Å². The highest BCUT2D eigenvalue weighted by Gasteiger charge is 2.32. The van der Waals surface area contributed by atoms with Gasteiger partial charge >= 0.3 is 0 Å². The Balaban J connectivity index is 2.90. The van der Waals surface area contributed by atoms with Gasteiger partial charge in [0.25, 0.3) is 8.32 Å². The standard InChI is InChI=1S/C15H20OSi/c1-4-12-17(13-5-2,14-6-3)16-15-10-8-7-9-11-15/h4-11H,1-3,12-14H2. The lowest BCUT2D eigenvalue weighted by atomic mass is 10.3. The second-order valence-electron chi connectivity index (χ2n) is 4.08. The Hall–Kier alpha value is -1.54. The first-order chi connectivity index (χ1) is 8.26. The third-order valence-electron chi connectivity index (χ3n) is 2.63. The molecular formula is C15H20OSi. The molecule has 0 saturated heterocycles. The fraction of sp³-hybridized carbons (Fsp3) is 0.200. The highest BCUT2D eigenvalue weighted by atomic mass is 28.4. The van der Waals surface area contributed by atoms with Crippen LogP contribution in [-0.2, 0) is 0 Å². The molecule has 90 valence electrons. The summed E-state index contributed by atoms with van der Waals surface area (Å²) in [7, 11) is -1.89. The number of benzene rings is 1. The minimum atomic E-state index is -1.89. The molecule has 0 aliphatic carbocycles. The van der Waals surface area contributed by atoms with Crippen LogP contribution in [0.4, 0.5) is 0 Å². The third kappa shape index (κ3) is 4.08. The van der Waals surface area contributed by atoms with Crippen molar-refractivity contribution >= 4 is 8.32 Å². The van der Waals surface area contributed by atoms with Gasteiger partial charge in [-0.2, -0.15) is 0 Å². The van der Waals surface area contributed by atoms with E-state index in [1.54, 1.807) is 0 Å². The van der Waals surface area contributed by atoms with E-state index in [1.807, 2.05) is 48.6 Å². The molecule has 0 fully saturated rings. The van der Waals surface area contributed by atoms with Crippen molar-refractivity contribution in [3.8, 4) is 5.75 Å². The molecule has 0 amide bonds. The topological polar surface area (TPSA) is 9.23 Å². The van der Waals surface area contributed by atoms with E-state index in [9.17, 15) is 0 Å². The molecule has 0 radical (unpaired) electrons. The molecule has 0 saturated carbocycles. The summed E-state index contributed by atoms with van der Waals surface area (Å²) in [6, 6.07) is 12.7. The molecule has 0 heterocycles. The molecule has 0 aliphatic rings. The van der Waals surface area contributed by atoms with Crippen molar-refractivity contribution in [2.75, 3.05) is 0 Å². The van der Waals surface area contributed by atoms with E-state index >= 15 is 0 Å². The van der Waals surface area contributed by atoms with Crippen molar-refractivity contribution in [3.05, 3.63) is 68.3 Å². The summed E-state index contributed by atoms with van der Waals surface area (Å²) in [5.41, 5.74) is 0. The highest BCUT2D eigenvalue weighted by Crippen LogP contribution is 2.26. The number of hydrogen-bond acceptors (Lipinski definition) is 1. The van der Waals surface area contributed by atoms with Gasteiger partial charge in [0.15, 0.2) is 0 Å². The van der Waals surface area contributed by atoms with Crippen molar-refractivity contribution in [3.63, 3.8) is 0 Å². The first-order valence-electron chi connectivity index (χ1n) is 5.83. The van der Waals surface area contributed by atoms with Crippen molar-refractivity contribution in [2.24, 2.45) is 0 Å². The van der Waals surface area contributed by atoms with Gasteiger partial charge in [-0.3, -0.25) is 0 Å². The quantitative estimate of drug-likeness (QED) is 0.481. The van der Waals surface area contributed by atoms with Gasteiger partial charge in [0.2, 0.25) is 0 Å². The van der Waals surface area contributed by atoms with Crippen LogP contribution < -0.4 is 4.43 Å². The van der Waals surface area contributed by atoms with E-state index in [0.717, 1.165) is 23.9 Å². The van der Waals surface area contributed by atoms with Gasteiger partial charge in [-0.25, -0.2) is 0 Å². The van der Waals surface area contributed by atoms with E-state index in [-0.39, 0.29) is 0 Å². The Bertz CT molecular complexity index is 343. The van der Waals surface area contributed by atoms with Gasteiger partial charge in [-0.15, -0.1) is 19.7 Å². The Morgan fingerprint density at radius 1 is 0.882 bits per heavy atom. The molecule has 1 aromatic carbocycles. The summed E-state index contributed by atoms with van der Waals surface area (Å²) >= 11 is 0. The van der Waals surface area contributed by atoms with Crippen LogP contribution in [0.3, 0.4) is 0 Å².